The first-order chi connectivity index (χ1) is 15.7. The minimum absolute atomic E-state index is 0.00587. The zero-order valence-electron chi connectivity index (χ0n) is 21.0. The Hall–Kier alpha value is -2.36. The topological polar surface area (TPSA) is 52.6 Å². The second-order valence-electron chi connectivity index (χ2n) is 10.1. The van der Waals surface area contributed by atoms with Crippen molar-refractivity contribution in [2.45, 2.75) is 85.0 Å². The van der Waals surface area contributed by atoms with Gasteiger partial charge in [0.2, 0.25) is 0 Å². The van der Waals surface area contributed by atoms with E-state index in [4.69, 9.17) is 9.47 Å². The van der Waals surface area contributed by atoms with Gasteiger partial charge < -0.3 is 9.47 Å². The summed E-state index contributed by atoms with van der Waals surface area (Å²) in [4.78, 5) is 24.7. The van der Waals surface area contributed by atoms with Crippen LogP contribution in [-0.4, -0.2) is 18.9 Å². The van der Waals surface area contributed by atoms with Crippen LogP contribution in [0.5, 0.6) is 11.5 Å². The summed E-state index contributed by atoms with van der Waals surface area (Å²) in [6, 6.07) is 4.16. The van der Waals surface area contributed by atoms with Crippen molar-refractivity contribution in [3.05, 3.63) is 47.1 Å². The molecule has 2 aliphatic rings. The molecule has 1 aromatic rings. The Balaban J connectivity index is 1.99. The summed E-state index contributed by atoms with van der Waals surface area (Å²) < 4.78 is 12.0. The van der Waals surface area contributed by atoms with Gasteiger partial charge in [-0.1, -0.05) is 43.6 Å². The summed E-state index contributed by atoms with van der Waals surface area (Å²) in [5.74, 6) is 1.44. The largest absolute Gasteiger partial charge is 0.496 e. The second-order valence-corrected chi connectivity index (χ2v) is 10.1. The molecule has 4 heteroatoms. The second kappa shape index (κ2) is 11.2. The van der Waals surface area contributed by atoms with E-state index in [2.05, 4.69) is 39.5 Å². The van der Waals surface area contributed by atoms with Crippen molar-refractivity contribution in [3.8, 4) is 11.5 Å². The van der Waals surface area contributed by atoms with E-state index < -0.39 is 0 Å². The van der Waals surface area contributed by atoms with Gasteiger partial charge in [-0.15, -0.1) is 0 Å². The summed E-state index contributed by atoms with van der Waals surface area (Å²) in [6.07, 6.45) is 9.89. The molecule has 33 heavy (non-hydrogen) atoms. The molecule has 180 valence electrons. The Morgan fingerprint density at radius 3 is 2.39 bits per heavy atom. The quantitative estimate of drug-likeness (QED) is 0.167. The third-order valence-electron chi connectivity index (χ3n) is 7.42. The number of hydrogen-bond acceptors (Lipinski definition) is 4. The van der Waals surface area contributed by atoms with E-state index in [9.17, 15) is 9.59 Å². The molecule has 1 fully saturated rings. The maximum absolute atomic E-state index is 13.0. The first kappa shape index (κ1) is 25.3. The molecule has 0 amide bonds. The van der Waals surface area contributed by atoms with Crippen LogP contribution in [-0.2, 0) is 16.0 Å². The minimum atomic E-state index is -0.232. The third-order valence-corrected chi connectivity index (χ3v) is 7.42. The highest BCUT2D eigenvalue weighted by Gasteiger charge is 2.39. The van der Waals surface area contributed by atoms with E-state index in [-0.39, 0.29) is 35.4 Å². The predicted octanol–water partition coefficient (Wildman–Crippen LogP) is 6.96. The van der Waals surface area contributed by atoms with Gasteiger partial charge in [0.15, 0.2) is 0 Å². The number of Topliss-reactive ketones (excluding diaryl/α,β-unsaturated/α-hetero) is 1. The summed E-state index contributed by atoms with van der Waals surface area (Å²) in [5.41, 5.74) is 4.55. The van der Waals surface area contributed by atoms with Gasteiger partial charge in [-0.05, 0) is 82.9 Å². The van der Waals surface area contributed by atoms with Gasteiger partial charge in [0.05, 0.1) is 13.0 Å². The molecule has 0 saturated heterocycles. The summed E-state index contributed by atoms with van der Waals surface area (Å²) in [7, 11) is 1.69. The van der Waals surface area contributed by atoms with Gasteiger partial charge in [0, 0.05) is 17.4 Å². The molecule has 1 aromatic carbocycles. The van der Waals surface area contributed by atoms with Crippen molar-refractivity contribution >= 4 is 11.8 Å². The number of methoxy groups -OCH3 is 1. The van der Waals surface area contributed by atoms with Crippen LogP contribution in [0, 0.1) is 17.8 Å². The van der Waals surface area contributed by atoms with Crippen LogP contribution in [0.1, 0.15) is 89.7 Å². The Morgan fingerprint density at radius 1 is 1.09 bits per heavy atom. The maximum atomic E-state index is 13.0. The molecule has 0 spiro atoms. The van der Waals surface area contributed by atoms with Crippen LogP contribution in [0.3, 0.4) is 0 Å². The third kappa shape index (κ3) is 5.96. The van der Waals surface area contributed by atoms with Gasteiger partial charge in [-0.25, -0.2) is 0 Å². The van der Waals surface area contributed by atoms with Crippen LogP contribution < -0.4 is 9.47 Å². The normalized spacial score (nSPS) is 24.5. The summed E-state index contributed by atoms with van der Waals surface area (Å²) in [5, 5.41) is 0. The molecule has 2 aliphatic carbocycles. The van der Waals surface area contributed by atoms with Crippen LogP contribution in [0.15, 0.2) is 35.9 Å². The number of carbonyl (C=O) groups excluding carboxylic acids is 2. The first-order valence-electron chi connectivity index (χ1n) is 12.5. The molecule has 0 N–H and O–H groups in total. The van der Waals surface area contributed by atoms with Gasteiger partial charge >= 0.3 is 5.97 Å². The lowest BCUT2D eigenvalue weighted by Crippen LogP contribution is -2.36. The number of benzene rings is 1. The molecular weight excluding hydrogens is 412 g/mol. The van der Waals surface area contributed by atoms with Crippen LogP contribution in [0.4, 0.5) is 0 Å². The number of aryl methyl sites for hydroxylation is 1. The Kier molecular flexibility index (Phi) is 8.56. The zero-order valence-corrected chi connectivity index (χ0v) is 21.0. The highest BCUT2D eigenvalue weighted by Crippen LogP contribution is 2.48. The molecule has 0 aliphatic heterocycles. The fourth-order valence-electron chi connectivity index (χ4n) is 5.20. The SMILES string of the molecule is C=C(C)[C@@H]1CCC(C)=C[C@H]1c1c(OC)cc(CCCCC)cc1OC(=O)C1CC(C(C)=O)C1. The number of ether oxygens (including phenoxy) is 2. The number of esters is 1. The van der Waals surface area contributed by atoms with Gasteiger partial charge in [0.1, 0.15) is 17.3 Å². The Labute approximate surface area is 199 Å². The fraction of sp³-hybridized carbons (Fsp3) is 0.586. The van der Waals surface area contributed by atoms with Crippen molar-refractivity contribution < 1.29 is 19.1 Å². The van der Waals surface area contributed by atoms with Crippen molar-refractivity contribution in [2.24, 2.45) is 17.8 Å². The number of unbranched alkanes of at least 4 members (excludes halogenated alkanes) is 2. The van der Waals surface area contributed by atoms with E-state index in [0.717, 1.165) is 61.0 Å². The molecule has 0 aromatic heterocycles. The van der Waals surface area contributed by atoms with E-state index in [1.807, 2.05) is 6.07 Å². The number of allylic oxidation sites excluding steroid dienone is 3. The lowest BCUT2D eigenvalue weighted by Gasteiger charge is -2.34. The molecule has 0 heterocycles. The number of carbonyl (C=O) groups is 2. The Morgan fingerprint density at radius 2 is 1.79 bits per heavy atom. The van der Waals surface area contributed by atoms with Crippen LogP contribution in [0.25, 0.3) is 0 Å². The highest BCUT2D eigenvalue weighted by atomic mass is 16.5. The lowest BCUT2D eigenvalue weighted by molar-refractivity contribution is -0.145. The molecule has 2 atom stereocenters. The molecule has 1 saturated carbocycles. The van der Waals surface area contributed by atoms with Crippen LogP contribution in [0.2, 0.25) is 0 Å². The van der Waals surface area contributed by atoms with Crippen molar-refractivity contribution in [3.63, 3.8) is 0 Å². The van der Waals surface area contributed by atoms with Crippen molar-refractivity contribution in [1.29, 1.82) is 0 Å². The molecule has 4 nitrogen and oxygen atoms in total. The van der Waals surface area contributed by atoms with Gasteiger partial charge in [-0.2, -0.15) is 0 Å². The van der Waals surface area contributed by atoms with E-state index >= 15 is 0 Å². The van der Waals surface area contributed by atoms with E-state index in [1.54, 1.807) is 14.0 Å². The monoisotopic (exact) mass is 452 g/mol. The van der Waals surface area contributed by atoms with E-state index in [1.165, 1.54) is 5.57 Å². The smallest absolute Gasteiger partial charge is 0.314 e. The minimum Gasteiger partial charge on any atom is -0.496 e. The standard InChI is InChI=1S/C29H40O4/c1-7-8-9-10-21-14-26(32-6)28(25-13-19(4)11-12-24(25)18(2)3)27(15-21)33-29(31)23-16-22(17-23)20(5)30/h13-15,22-25H,2,7-12,16-17H2,1,3-6H3/t22?,23?,24-,25+/m0/s1. The zero-order chi connectivity index (χ0) is 24.1. The molecule has 3 rings (SSSR count). The maximum Gasteiger partial charge on any atom is 0.314 e. The van der Waals surface area contributed by atoms with Gasteiger partial charge in [0.25, 0.3) is 0 Å². The fourth-order valence-corrected chi connectivity index (χ4v) is 5.20. The number of ketones is 1. The first-order valence-corrected chi connectivity index (χ1v) is 12.5. The average Bonchev–Trinajstić information content (AvgIpc) is 2.71. The summed E-state index contributed by atoms with van der Waals surface area (Å²) >= 11 is 0. The van der Waals surface area contributed by atoms with E-state index in [0.29, 0.717) is 18.6 Å². The molecule has 0 bridgehead atoms. The number of hydrogen-bond donors (Lipinski definition) is 0. The van der Waals surface area contributed by atoms with Crippen molar-refractivity contribution in [1.82, 2.24) is 0 Å². The number of rotatable bonds is 10. The lowest BCUT2D eigenvalue weighted by atomic mass is 9.73. The predicted molar refractivity (Wildman–Crippen MR) is 133 cm³/mol. The summed E-state index contributed by atoms with van der Waals surface area (Å²) in [6.45, 7) is 12.3. The van der Waals surface area contributed by atoms with Crippen molar-refractivity contribution in [2.75, 3.05) is 7.11 Å². The molecule has 0 unspecified atom stereocenters. The molecule has 0 radical (unpaired) electrons. The Bertz CT molecular complexity index is 920. The van der Waals surface area contributed by atoms with Gasteiger partial charge in [-0.3, -0.25) is 9.59 Å². The highest BCUT2D eigenvalue weighted by molar-refractivity contribution is 5.84. The average molecular weight is 453 g/mol. The molecular formula is C29H40O4. The van der Waals surface area contributed by atoms with Crippen LogP contribution >= 0.6 is 0 Å².